The molecule has 0 heterocycles. The molecule has 0 fully saturated rings. The second kappa shape index (κ2) is 3.64. The summed E-state index contributed by atoms with van der Waals surface area (Å²) < 4.78 is 24.3. The van der Waals surface area contributed by atoms with Crippen LogP contribution in [0.2, 0.25) is 0 Å². The Labute approximate surface area is 68.6 Å². The highest BCUT2D eigenvalue weighted by atomic mass is 19.3. The molecule has 0 bridgehead atoms. The van der Waals surface area contributed by atoms with Crippen LogP contribution in [-0.2, 0) is 0 Å². The average molecular weight is 172 g/mol. The van der Waals surface area contributed by atoms with Crippen LogP contribution in [0.3, 0.4) is 0 Å². The van der Waals surface area contributed by atoms with Crippen molar-refractivity contribution < 1.29 is 18.8 Å². The maximum absolute atomic E-state index is 12.2. The monoisotopic (exact) mass is 172 g/mol. The third-order valence-electron chi connectivity index (χ3n) is 1.51. The molecular formula is C7H7BF2O2. The quantitative estimate of drug-likeness (QED) is 0.630. The summed E-state index contributed by atoms with van der Waals surface area (Å²) in [6.45, 7) is 0. The summed E-state index contributed by atoms with van der Waals surface area (Å²) >= 11 is 0. The van der Waals surface area contributed by atoms with Crippen LogP contribution in [0.25, 0.3) is 0 Å². The Balaban J connectivity index is 3.09. The lowest BCUT2D eigenvalue weighted by molar-refractivity contribution is 0.152. The molecule has 0 amide bonds. The molecule has 1 aromatic carbocycles. The van der Waals surface area contributed by atoms with Gasteiger partial charge in [-0.15, -0.1) is 0 Å². The Morgan fingerprint density at radius 3 is 2.17 bits per heavy atom. The zero-order valence-corrected chi connectivity index (χ0v) is 6.11. The van der Waals surface area contributed by atoms with Gasteiger partial charge in [-0.2, -0.15) is 0 Å². The Bertz CT molecular complexity index is 238. The van der Waals surface area contributed by atoms with Crippen LogP contribution in [-0.4, -0.2) is 17.2 Å². The van der Waals surface area contributed by atoms with Crippen molar-refractivity contribution in [1.29, 1.82) is 0 Å². The predicted octanol–water partition coefficient (Wildman–Crippen LogP) is 0.304. The SMILES string of the molecule is OB(O)c1ccccc1C(F)F. The molecule has 0 aliphatic heterocycles. The van der Waals surface area contributed by atoms with E-state index in [4.69, 9.17) is 10.0 Å². The maximum atomic E-state index is 12.2. The van der Waals surface area contributed by atoms with Crippen LogP contribution in [0.5, 0.6) is 0 Å². The number of benzene rings is 1. The van der Waals surface area contributed by atoms with E-state index in [2.05, 4.69) is 0 Å². The van der Waals surface area contributed by atoms with Crippen LogP contribution in [0.15, 0.2) is 24.3 Å². The van der Waals surface area contributed by atoms with Crippen molar-refractivity contribution in [3.05, 3.63) is 29.8 Å². The van der Waals surface area contributed by atoms with Gasteiger partial charge in [0.25, 0.3) is 6.43 Å². The minimum atomic E-state index is -2.68. The van der Waals surface area contributed by atoms with E-state index in [1.54, 1.807) is 0 Å². The van der Waals surface area contributed by atoms with Gasteiger partial charge in [0, 0.05) is 5.56 Å². The maximum Gasteiger partial charge on any atom is 0.488 e. The first-order valence-corrected chi connectivity index (χ1v) is 3.36. The van der Waals surface area contributed by atoms with Crippen LogP contribution < -0.4 is 5.46 Å². The van der Waals surface area contributed by atoms with E-state index in [-0.39, 0.29) is 11.0 Å². The Hall–Kier alpha value is -0.935. The summed E-state index contributed by atoms with van der Waals surface area (Å²) in [5.74, 6) is 0. The lowest BCUT2D eigenvalue weighted by Gasteiger charge is -2.06. The van der Waals surface area contributed by atoms with Crippen molar-refractivity contribution >= 4 is 12.6 Å². The number of hydrogen-bond acceptors (Lipinski definition) is 2. The second-order valence-corrected chi connectivity index (χ2v) is 2.30. The molecule has 0 aliphatic carbocycles. The minimum Gasteiger partial charge on any atom is -0.423 e. The number of rotatable bonds is 2. The lowest BCUT2D eigenvalue weighted by atomic mass is 9.77. The topological polar surface area (TPSA) is 40.5 Å². The van der Waals surface area contributed by atoms with Crippen LogP contribution in [0, 0.1) is 0 Å². The summed E-state index contributed by atoms with van der Waals surface area (Å²) in [7, 11) is -1.84. The standard InChI is InChI=1S/C7H7BF2O2/c9-7(10)5-3-1-2-4-6(5)8(11)12/h1-4,7,11-12H. The lowest BCUT2D eigenvalue weighted by Crippen LogP contribution is -2.33. The number of hydrogen-bond donors (Lipinski definition) is 2. The van der Waals surface area contributed by atoms with Crippen molar-refractivity contribution in [1.82, 2.24) is 0 Å². The highest BCUT2D eigenvalue weighted by Gasteiger charge is 2.20. The molecule has 0 aliphatic rings. The van der Waals surface area contributed by atoms with Crippen molar-refractivity contribution in [2.75, 3.05) is 0 Å². The first-order valence-electron chi connectivity index (χ1n) is 3.36. The molecule has 0 radical (unpaired) electrons. The Kier molecular flexibility index (Phi) is 2.78. The van der Waals surface area contributed by atoms with Gasteiger partial charge in [-0.05, 0) is 5.46 Å². The molecule has 0 saturated carbocycles. The van der Waals surface area contributed by atoms with Gasteiger partial charge in [0.15, 0.2) is 0 Å². The molecule has 5 heteroatoms. The van der Waals surface area contributed by atoms with Crippen LogP contribution in [0.4, 0.5) is 8.78 Å². The third kappa shape index (κ3) is 1.81. The molecule has 2 nitrogen and oxygen atoms in total. The summed E-state index contributed by atoms with van der Waals surface area (Å²) in [6, 6.07) is 5.32. The summed E-state index contributed by atoms with van der Waals surface area (Å²) in [5, 5.41) is 17.4. The van der Waals surface area contributed by atoms with E-state index >= 15 is 0 Å². The van der Waals surface area contributed by atoms with Crippen molar-refractivity contribution in [3.63, 3.8) is 0 Å². The zero-order chi connectivity index (χ0) is 9.14. The average Bonchev–Trinajstić information content (AvgIpc) is 2.04. The second-order valence-electron chi connectivity index (χ2n) is 2.30. The molecule has 64 valence electrons. The molecule has 0 unspecified atom stereocenters. The predicted molar refractivity (Wildman–Crippen MR) is 41.2 cm³/mol. The minimum absolute atomic E-state index is 0.146. The summed E-state index contributed by atoms with van der Waals surface area (Å²) in [4.78, 5) is 0. The molecule has 2 N–H and O–H groups in total. The van der Waals surface area contributed by atoms with Crippen LogP contribution in [0.1, 0.15) is 12.0 Å². The first-order chi connectivity index (χ1) is 5.63. The molecule has 12 heavy (non-hydrogen) atoms. The largest absolute Gasteiger partial charge is 0.488 e. The van der Waals surface area contributed by atoms with Gasteiger partial charge in [-0.25, -0.2) is 8.78 Å². The van der Waals surface area contributed by atoms with Gasteiger partial charge in [-0.3, -0.25) is 0 Å². The van der Waals surface area contributed by atoms with E-state index in [1.165, 1.54) is 24.3 Å². The van der Waals surface area contributed by atoms with Gasteiger partial charge in [0.1, 0.15) is 0 Å². The van der Waals surface area contributed by atoms with E-state index in [9.17, 15) is 8.78 Å². The number of alkyl halides is 2. The zero-order valence-electron chi connectivity index (χ0n) is 6.11. The van der Waals surface area contributed by atoms with Gasteiger partial charge < -0.3 is 10.0 Å². The normalized spacial score (nSPS) is 10.4. The van der Waals surface area contributed by atoms with Crippen molar-refractivity contribution in [3.8, 4) is 0 Å². The molecule has 1 aromatic rings. The Morgan fingerprint density at radius 2 is 1.75 bits per heavy atom. The smallest absolute Gasteiger partial charge is 0.423 e. The molecule has 0 atom stereocenters. The molecule has 0 saturated heterocycles. The first kappa shape index (κ1) is 9.16. The molecule has 1 rings (SSSR count). The number of halogens is 2. The highest BCUT2D eigenvalue weighted by molar-refractivity contribution is 6.59. The summed E-state index contributed by atoms with van der Waals surface area (Å²) in [5.41, 5.74) is -0.486. The highest BCUT2D eigenvalue weighted by Crippen LogP contribution is 2.15. The van der Waals surface area contributed by atoms with E-state index in [0.29, 0.717) is 0 Å². The van der Waals surface area contributed by atoms with E-state index in [1.807, 2.05) is 0 Å². The van der Waals surface area contributed by atoms with Gasteiger partial charge in [0.05, 0.1) is 0 Å². The fourth-order valence-electron chi connectivity index (χ4n) is 0.945. The van der Waals surface area contributed by atoms with E-state index < -0.39 is 13.5 Å². The van der Waals surface area contributed by atoms with Crippen molar-refractivity contribution in [2.24, 2.45) is 0 Å². The van der Waals surface area contributed by atoms with Crippen LogP contribution >= 0.6 is 0 Å². The van der Waals surface area contributed by atoms with Gasteiger partial charge in [-0.1, -0.05) is 24.3 Å². The fourth-order valence-corrected chi connectivity index (χ4v) is 0.945. The van der Waals surface area contributed by atoms with Gasteiger partial charge in [0.2, 0.25) is 0 Å². The van der Waals surface area contributed by atoms with Crippen molar-refractivity contribution in [2.45, 2.75) is 6.43 Å². The van der Waals surface area contributed by atoms with Gasteiger partial charge >= 0.3 is 7.12 Å². The molecular weight excluding hydrogens is 165 g/mol. The Morgan fingerprint density at radius 1 is 1.17 bits per heavy atom. The third-order valence-corrected chi connectivity index (χ3v) is 1.51. The molecule has 0 spiro atoms. The molecule has 0 aromatic heterocycles. The van der Waals surface area contributed by atoms with E-state index in [0.717, 1.165) is 0 Å². The summed E-state index contributed by atoms with van der Waals surface area (Å²) in [6.07, 6.45) is -2.68. The fraction of sp³-hybridized carbons (Fsp3) is 0.143.